The Kier molecular flexibility index (Phi) is 29.7. The summed E-state index contributed by atoms with van der Waals surface area (Å²) in [4.78, 5) is 121. The van der Waals surface area contributed by atoms with Crippen LogP contribution in [0.2, 0.25) is 0 Å². The molecule has 0 spiro atoms. The van der Waals surface area contributed by atoms with E-state index in [4.69, 9.17) is 0 Å². The van der Waals surface area contributed by atoms with Crippen LogP contribution in [0.15, 0.2) is 146 Å². The number of nitrogens with one attached hydrogen (secondary N) is 3. The van der Waals surface area contributed by atoms with Crippen molar-refractivity contribution in [1.29, 1.82) is 0 Å². The van der Waals surface area contributed by atoms with E-state index in [1.165, 1.54) is 102 Å². The number of fused-ring (bicyclic) bond motifs is 4. The first-order valence-electron chi connectivity index (χ1n) is 44.0. The fraction of sp³-hybridized carbons (Fsp3) is 0.398. The number of aliphatic imine (C=N–C) groups is 1. The summed E-state index contributed by atoms with van der Waals surface area (Å²) < 4.78 is 51.2. The SMILES string of the molecule is CC1=NCC(C)=C1Cc1sc2c(c1-c1cccc(CO)c1)c(=O)n(C)c(=O)n2CC(C)C.Cc1n[nH]c(C)c1Cc1sc2c(c1-c1cccc(C(C)O)c1)c(=O)n(C)c(=O)n2CC(C)C.Cc1n[nH]c(C)c1Cc1sc2c(c1-c1cccc(C(O)C(F)(F)F)c1)c(=O)n(C)c(=O)n2CC(C)C.Cc1n[nH]c(C)c1Cc1sc2c(c1-c1cncc(CO)c1)c(=O)n(C)c(=O)n2CC(C)C. The van der Waals surface area contributed by atoms with Gasteiger partial charge < -0.3 is 20.4 Å². The zero-order chi connectivity index (χ0) is 96.9. The Hall–Kier alpha value is -12.0. The summed E-state index contributed by atoms with van der Waals surface area (Å²) in [5.41, 5.74) is 16.8. The average Bonchev–Trinajstić information content (AvgIpc) is 1.60. The van der Waals surface area contributed by atoms with Crippen molar-refractivity contribution in [3.05, 3.63) is 278 Å². The minimum absolute atomic E-state index is 0.0721. The Morgan fingerprint density at radius 1 is 0.414 bits per heavy atom. The van der Waals surface area contributed by atoms with E-state index < -0.39 is 29.6 Å². The minimum atomic E-state index is -4.84. The van der Waals surface area contributed by atoms with E-state index in [2.05, 4.69) is 75.2 Å². The summed E-state index contributed by atoms with van der Waals surface area (Å²) in [5, 5.41) is 63.2. The first-order valence-corrected chi connectivity index (χ1v) is 47.2. The second-order valence-corrected chi connectivity index (χ2v) is 40.3. The number of aryl methyl sites for hydroxylation is 6. The van der Waals surface area contributed by atoms with E-state index in [0.717, 1.165) is 130 Å². The van der Waals surface area contributed by atoms with Gasteiger partial charge in [0.05, 0.1) is 64.5 Å². The molecule has 16 rings (SSSR count). The van der Waals surface area contributed by atoms with Gasteiger partial charge in [0.25, 0.3) is 22.2 Å². The Balaban J connectivity index is 0.000000151. The first-order chi connectivity index (χ1) is 62.8. The molecule has 12 aromatic heterocycles. The van der Waals surface area contributed by atoms with E-state index in [1.54, 1.807) is 57.7 Å². The number of thiophene rings is 4. The molecule has 0 saturated heterocycles. The topological polar surface area (TPSA) is 368 Å². The second-order valence-electron chi connectivity index (χ2n) is 36.0. The molecular weight excluding hydrogens is 1780 g/mol. The van der Waals surface area contributed by atoms with Gasteiger partial charge in [-0.05, 0) is 160 Å². The highest BCUT2D eigenvalue weighted by Gasteiger charge is 2.40. The molecule has 1 aliphatic heterocycles. The molecule has 0 radical (unpaired) electrons. The number of aromatic amines is 3. The van der Waals surface area contributed by atoms with Crippen molar-refractivity contribution in [2.75, 3.05) is 6.54 Å². The normalized spacial score (nSPS) is 12.9. The van der Waals surface area contributed by atoms with Crippen molar-refractivity contribution in [2.45, 2.75) is 201 Å². The third kappa shape index (κ3) is 19.9. The quantitative estimate of drug-likeness (QED) is 0.0295. The maximum atomic E-state index is 13.4. The number of benzene rings is 3. The number of allylic oxidation sites excluding steroid dienone is 1. The monoisotopic (exact) mass is 1890 g/mol. The maximum absolute atomic E-state index is 13.4. The lowest BCUT2D eigenvalue weighted by Gasteiger charge is -2.16. The summed E-state index contributed by atoms with van der Waals surface area (Å²) in [6.45, 7) is 36.2. The third-order valence-electron chi connectivity index (χ3n) is 24.0. The summed E-state index contributed by atoms with van der Waals surface area (Å²) >= 11 is 5.78. The van der Waals surface area contributed by atoms with Crippen molar-refractivity contribution in [3.63, 3.8) is 0 Å². The van der Waals surface area contributed by atoms with Crippen molar-refractivity contribution < 1.29 is 33.6 Å². The fourth-order valence-electron chi connectivity index (χ4n) is 17.0. The van der Waals surface area contributed by atoms with Crippen LogP contribution in [-0.2, 0) is 93.3 Å². The average molecular weight is 1890 g/mol. The predicted molar refractivity (Wildman–Crippen MR) is 525 cm³/mol. The zero-order valence-electron chi connectivity index (χ0n) is 78.5. The number of nitrogens with zero attached hydrogens (tertiary/aromatic N) is 13. The summed E-state index contributed by atoms with van der Waals surface area (Å²) in [5.74, 6) is 0.852. The van der Waals surface area contributed by atoms with Crippen LogP contribution in [-0.4, -0.2) is 111 Å². The maximum Gasteiger partial charge on any atom is 0.418 e. The predicted octanol–water partition coefficient (Wildman–Crippen LogP) is 15.5. The van der Waals surface area contributed by atoms with Gasteiger partial charge in [-0.1, -0.05) is 110 Å². The number of rotatable bonds is 24. The van der Waals surface area contributed by atoms with Crippen LogP contribution in [0.5, 0.6) is 0 Å². The molecule has 133 heavy (non-hydrogen) atoms. The van der Waals surface area contributed by atoms with Gasteiger partial charge in [-0.15, -0.1) is 45.3 Å². The van der Waals surface area contributed by atoms with Crippen LogP contribution < -0.4 is 45.0 Å². The van der Waals surface area contributed by atoms with E-state index >= 15 is 0 Å². The van der Waals surface area contributed by atoms with Crippen LogP contribution in [0.4, 0.5) is 13.2 Å². The van der Waals surface area contributed by atoms with E-state index in [9.17, 15) is 72.0 Å². The Morgan fingerprint density at radius 2 is 0.729 bits per heavy atom. The number of aromatic nitrogens is 15. The molecule has 7 N–H and O–H groups in total. The number of H-pyrrole nitrogens is 3. The minimum Gasteiger partial charge on any atom is -0.392 e. The molecule has 3 aromatic carbocycles. The molecule has 2 atom stereocenters. The van der Waals surface area contributed by atoms with Crippen molar-refractivity contribution in [3.8, 4) is 44.5 Å². The number of aliphatic hydroxyl groups excluding tert-OH is 4. The number of halogens is 3. The highest BCUT2D eigenvalue weighted by atomic mass is 32.1. The van der Waals surface area contributed by atoms with Crippen molar-refractivity contribution in [2.24, 2.45) is 56.9 Å². The van der Waals surface area contributed by atoms with E-state index in [1.807, 2.05) is 131 Å². The lowest BCUT2D eigenvalue weighted by atomic mass is 9.96. The number of hydrogen-bond donors (Lipinski definition) is 7. The lowest BCUT2D eigenvalue weighted by molar-refractivity contribution is -0.206. The largest absolute Gasteiger partial charge is 0.418 e. The van der Waals surface area contributed by atoms with Gasteiger partial charge in [0, 0.05) is 179 Å². The molecule has 13 heterocycles. The Labute approximate surface area is 780 Å². The summed E-state index contributed by atoms with van der Waals surface area (Å²) in [7, 11) is 6.01. The van der Waals surface area contributed by atoms with Gasteiger partial charge in [0.2, 0.25) is 0 Å². The Bertz CT molecular complexity index is 7540. The standard InChI is InChI=1S/C25H27F3N4O3S.C25H30N4O3S.C25H29N3O3S.C23H27N5O3S/c1-12(2)11-32-23-20(22(34)31(5)24(32)35)19(18(36-23)10-17-13(3)29-30-14(17)4)15-7-6-8-16(9-15)21(33)25(26,27)28;1-13(2)12-29-24-22(23(31)28(6)25(29)32)21(18-9-7-8-17(10-18)16(5)30)20(33-24)11-19-14(3)26-27-15(19)4;1-14(2)12-28-24-22(23(30)27(5)25(28)31)21(18-8-6-7-17(9-18)13-29)20(32-24)10-19-15(3)11-26-16(19)4;1-12(2)10-28-22-20(21(30)27(5)23(28)31)19(16-6-15(11-29)8-24-9-16)18(32-22)7-17-13(3)25-26-14(17)4/h6-9,12,21,33H,10-11H2,1-5H3,(H,29,30);7-10,13,16,30H,11-12H2,1-6H3,(H,26,27);6-9,14,29H,10-13H2,1-5H3;6,8-9,12,29H,7,10-11H2,1-5H3,(H,25,26). The van der Waals surface area contributed by atoms with Gasteiger partial charge >= 0.3 is 28.9 Å². The third-order valence-corrected chi connectivity index (χ3v) is 28.8. The molecule has 2 unspecified atom stereocenters. The van der Waals surface area contributed by atoms with Crippen LogP contribution in [0.1, 0.15) is 181 Å². The molecule has 35 heteroatoms. The van der Waals surface area contributed by atoms with Gasteiger partial charge in [0.15, 0.2) is 6.10 Å². The van der Waals surface area contributed by atoms with Crippen LogP contribution in [0.3, 0.4) is 0 Å². The lowest BCUT2D eigenvalue weighted by Crippen LogP contribution is -2.38. The molecule has 28 nitrogen and oxygen atoms in total. The van der Waals surface area contributed by atoms with Crippen LogP contribution >= 0.6 is 45.3 Å². The molecule has 0 fully saturated rings. The smallest absolute Gasteiger partial charge is 0.392 e. The van der Waals surface area contributed by atoms with Gasteiger partial charge in [-0.25, -0.2) is 19.2 Å². The summed E-state index contributed by atoms with van der Waals surface area (Å²) in [6.07, 6.45) is -2.61. The molecule has 702 valence electrons. The summed E-state index contributed by atoms with van der Waals surface area (Å²) in [6, 6.07) is 22.7. The van der Waals surface area contributed by atoms with Gasteiger partial charge in [-0.2, -0.15) is 28.5 Å². The number of alkyl halides is 3. The molecular formula is C98H113F3N16O12S4. The zero-order valence-corrected chi connectivity index (χ0v) is 81.8. The number of pyridine rings is 1. The highest BCUT2D eigenvalue weighted by Crippen LogP contribution is 2.46. The number of hydrogen-bond acceptors (Lipinski definition) is 21. The van der Waals surface area contributed by atoms with Crippen molar-refractivity contribution in [1.82, 2.24) is 72.1 Å². The van der Waals surface area contributed by atoms with E-state index in [0.29, 0.717) is 106 Å². The fourth-order valence-corrected chi connectivity index (χ4v) is 22.3. The van der Waals surface area contributed by atoms with Crippen LogP contribution in [0, 0.1) is 65.2 Å². The highest BCUT2D eigenvalue weighted by molar-refractivity contribution is 7.20. The molecule has 0 amide bonds. The van der Waals surface area contributed by atoms with E-state index in [-0.39, 0.29) is 81.6 Å². The molecule has 15 aromatic rings. The first kappa shape index (κ1) is 98.5. The van der Waals surface area contributed by atoms with Gasteiger partial charge in [-0.3, -0.25) is 81.0 Å². The van der Waals surface area contributed by atoms with Crippen molar-refractivity contribution >= 4 is 91.9 Å². The molecule has 0 saturated carbocycles. The van der Waals surface area contributed by atoms with Gasteiger partial charge in [0.1, 0.15) is 19.3 Å². The Morgan fingerprint density at radius 3 is 1.04 bits per heavy atom. The number of aliphatic hydroxyl groups is 4. The van der Waals surface area contributed by atoms with Crippen LogP contribution in [0.25, 0.3) is 85.4 Å². The molecule has 0 bridgehead atoms. The second kappa shape index (κ2) is 40.1. The molecule has 0 aliphatic carbocycles. The molecule has 1 aliphatic rings.